The molecule has 6 heteroatoms. The van der Waals surface area contributed by atoms with E-state index >= 15 is 0 Å². The monoisotopic (exact) mass is 309 g/mol. The SMILES string of the molecule is CC1(C(=N)N)CCN(S(=O)(=O)CCc2ccccc2)CC1. The van der Waals surface area contributed by atoms with Crippen molar-refractivity contribution < 1.29 is 8.42 Å². The molecule has 1 aliphatic rings. The summed E-state index contributed by atoms with van der Waals surface area (Å²) in [5.74, 6) is 0.289. The van der Waals surface area contributed by atoms with Gasteiger partial charge >= 0.3 is 0 Å². The minimum Gasteiger partial charge on any atom is -0.387 e. The topological polar surface area (TPSA) is 87.2 Å². The number of nitrogens with two attached hydrogens (primary N) is 1. The molecule has 0 aliphatic carbocycles. The first-order valence-electron chi connectivity index (χ1n) is 7.20. The molecule has 0 aromatic heterocycles. The second kappa shape index (κ2) is 6.15. The molecule has 0 atom stereocenters. The van der Waals surface area contributed by atoms with Crippen molar-refractivity contribution in [2.75, 3.05) is 18.8 Å². The van der Waals surface area contributed by atoms with Crippen LogP contribution in [-0.4, -0.2) is 37.4 Å². The smallest absolute Gasteiger partial charge is 0.214 e. The Labute approximate surface area is 126 Å². The first kappa shape index (κ1) is 16.0. The summed E-state index contributed by atoms with van der Waals surface area (Å²) in [6, 6.07) is 9.64. The van der Waals surface area contributed by atoms with Gasteiger partial charge in [-0.1, -0.05) is 37.3 Å². The van der Waals surface area contributed by atoms with Crippen LogP contribution in [0.3, 0.4) is 0 Å². The predicted octanol–water partition coefficient (Wildman–Crippen LogP) is 1.60. The lowest BCUT2D eigenvalue weighted by Gasteiger charge is -2.37. The fraction of sp³-hybridized carbons (Fsp3) is 0.533. The van der Waals surface area contributed by atoms with Crippen LogP contribution in [0.25, 0.3) is 0 Å². The number of piperidine rings is 1. The molecule has 0 bridgehead atoms. The maximum Gasteiger partial charge on any atom is 0.214 e. The third-order valence-corrected chi connectivity index (χ3v) is 6.23. The van der Waals surface area contributed by atoms with Crippen molar-refractivity contribution in [3.63, 3.8) is 0 Å². The predicted molar refractivity (Wildman–Crippen MR) is 84.8 cm³/mol. The summed E-state index contributed by atoms with van der Waals surface area (Å²) < 4.78 is 26.3. The van der Waals surface area contributed by atoms with E-state index in [2.05, 4.69) is 0 Å². The maximum absolute atomic E-state index is 12.4. The molecule has 1 aromatic carbocycles. The Balaban J connectivity index is 1.94. The summed E-state index contributed by atoms with van der Waals surface area (Å²) in [5.41, 5.74) is 6.28. The number of nitrogens with zero attached hydrogens (tertiary/aromatic N) is 1. The first-order chi connectivity index (χ1) is 9.83. The van der Waals surface area contributed by atoms with Crippen LogP contribution in [0.2, 0.25) is 0 Å². The van der Waals surface area contributed by atoms with Crippen LogP contribution >= 0.6 is 0 Å². The van der Waals surface area contributed by atoms with Crippen LogP contribution in [0.5, 0.6) is 0 Å². The Hall–Kier alpha value is -1.40. The zero-order chi connectivity index (χ0) is 15.5. The number of aryl methyl sites for hydroxylation is 1. The Bertz CT molecular complexity index is 591. The number of hydrogen-bond acceptors (Lipinski definition) is 3. The second-order valence-electron chi connectivity index (χ2n) is 5.92. The lowest BCUT2D eigenvalue weighted by molar-refractivity contribution is 0.240. The van der Waals surface area contributed by atoms with Gasteiger partial charge in [-0.25, -0.2) is 12.7 Å². The van der Waals surface area contributed by atoms with Gasteiger partial charge in [0, 0.05) is 18.5 Å². The molecule has 1 heterocycles. The van der Waals surface area contributed by atoms with Gasteiger partial charge in [0.15, 0.2) is 0 Å². The molecule has 0 radical (unpaired) electrons. The van der Waals surface area contributed by atoms with Crippen LogP contribution in [0, 0.1) is 10.8 Å². The zero-order valence-corrected chi connectivity index (χ0v) is 13.2. The normalized spacial score (nSPS) is 19.3. The molecule has 21 heavy (non-hydrogen) atoms. The summed E-state index contributed by atoms with van der Waals surface area (Å²) in [5, 5.41) is 7.61. The first-order valence-corrected chi connectivity index (χ1v) is 8.81. The molecule has 1 aliphatic heterocycles. The van der Waals surface area contributed by atoms with Gasteiger partial charge in [-0.15, -0.1) is 0 Å². The Morgan fingerprint density at radius 3 is 2.38 bits per heavy atom. The van der Waals surface area contributed by atoms with Crippen molar-refractivity contribution in [2.24, 2.45) is 11.1 Å². The minimum atomic E-state index is -3.24. The quantitative estimate of drug-likeness (QED) is 0.639. The second-order valence-corrected chi connectivity index (χ2v) is 8.01. The molecular formula is C15H23N3O2S. The van der Waals surface area contributed by atoms with Gasteiger partial charge in [-0.05, 0) is 24.8 Å². The number of nitrogens with one attached hydrogen (secondary N) is 1. The molecule has 116 valence electrons. The Morgan fingerprint density at radius 1 is 1.29 bits per heavy atom. The van der Waals surface area contributed by atoms with Crippen LogP contribution in [0.1, 0.15) is 25.3 Å². The van der Waals surface area contributed by atoms with E-state index in [1.54, 1.807) is 4.31 Å². The molecule has 1 fully saturated rings. The molecule has 2 rings (SSSR count). The van der Waals surface area contributed by atoms with Gasteiger partial charge in [0.1, 0.15) is 0 Å². The molecule has 0 saturated carbocycles. The van der Waals surface area contributed by atoms with Crippen molar-refractivity contribution in [2.45, 2.75) is 26.2 Å². The van der Waals surface area contributed by atoms with Crippen LogP contribution < -0.4 is 5.73 Å². The number of benzene rings is 1. The number of hydrogen-bond donors (Lipinski definition) is 2. The standard InChI is InChI=1S/C15H23N3O2S/c1-15(14(16)17)8-10-18(11-9-15)21(19,20)12-7-13-5-3-2-4-6-13/h2-6H,7-12H2,1H3,(H3,16,17). The molecule has 0 unspecified atom stereocenters. The molecule has 3 N–H and O–H groups in total. The van der Waals surface area contributed by atoms with Crippen LogP contribution in [0.4, 0.5) is 0 Å². The largest absolute Gasteiger partial charge is 0.387 e. The van der Waals surface area contributed by atoms with E-state index in [-0.39, 0.29) is 17.0 Å². The Kier molecular flexibility index (Phi) is 4.68. The van der Waals surface area contributed by atoms with Crippen LogP contribution in [-0.2, 0) is 16.4 Å². The molecule has 0 amide bonds. The van der Waals surface area contributed by atoms with Gasteiger partial charge < -0.3 is 5.73 Å². The van der Waals surface area contributed by atoms with E-state index in [1.165, 1.54) is 0 Å². The summed E-state index contributed by atoms with van der Waals surface area (Å²) in [6.07, 6.45) is 1.77. The summed E-state index contributed by atoms with van der Waals surface area (Å²) in [4.78, 5) is 0. The third kappa shape index (κ3) is 3.83. The van der Waals surface area contributed by atoms with Gasteiger partial charge in [0.2, 0.25) is 10.0 Å². The average Bonchev–Trinajstić information content (AvgIpc) is 2.47. The summed E-state index contributed by atoms with van der Waals surface area (Å²) in [6.45, 7) is 2.84. The number of amidine groups is 1. The van der Waals surface area contributed by atoms with E-state index < -0.39 is 10.0 Å². The van der Waals surface area contributed by atoms with E-state index in [9.17, 15) is 8.42 Å². The van der Waals surface area contributed by atoms with E-state index in [4.69, 9.17) is 11.1 Å². The highest BCUT2D eigenvalue weighted by molar-refractivity contribution is 7.89. The molecule has 0 spiro atoms. The summed E-state index contributed by atoms with van der Waals surface area (Å²) >= 11 is 0. The molecular weight excluding hydrogens is 286 g/mol. The number of rotatable bonds is 5. The average molecular weight is 309 g/mol. The fourth-order valence-electron chi connectivity index (χ4n) is 2.55. The Morgan fingerprint density at radius 2 is 1.86 bits per heavy atom. The third-order valence-electron chi connectivity index (χ3n) is 4.36. The van der Waals surface area contributed by atoms with Crippen LogP contribution in [0.15, 0.2) is 30.3 Å². The molecule has 5 nitrogen and oxygen atoms in total. The van der Waals surface area contributed by atoms with Gasteiger partial charge in [-0.3, -0.25) is 5.41 Å². The highest BCUT2D eigenvalue weighted by Crippen LogP contribution is 2.31. The molecule has 1 saturated heterocycles. The van der Waals surface area contributed by atoms with E-state index in [0.29, 0.717) is 32.4 Å². The zero-order valence-electron chi connectivity index (χ0n) is 12.4. The van der Waals surface area contributed by atoms with Crippen molar-refractivity contribution in [3.05, 3.63) is 35.9 Å². The van der Waals surface area contributed by atoms with Crippen molar-refractivity contribution >= 4 is 15.9 Å². The van der Waals surface area contributed by atoms with Crippen molar-refractivity contribution in [1.82, 2.24) is 4.31 Å². The highest BCUT2D eigenvalue weighted by Gasteiger charge is 2.36. The van der Waals surface area contributed by atoms with E-state index in [0.717, 1.165) is 5.56 Å². The lowest BCUT2D eigenvalue weighted by atomic mass is 9.80. The summed E-state index contributed by atoms with van der Waals surface area (Å²) in [7, 11) is -3.24. The lowest BCUT2D eigenvalue weighted by Crippen LogP contribution is -2.47. The van der Waals surface area contributed by atoms with Gasteiger partial charge in [-0.2, -0.15) is 0 Å². The molecule has 1 aromatic rings. The van der Waals surface area contributed by atoms with Crippen molar-refractivity contribution in [1.29, 1.82) is 5.41 Å². The number of sulfonamides is 1. The fourth-order valence-corrected chi connectivity index (χ4v) is 4.04. The highest BCUT2D eigenvalue weighted by atomic mass is 32.2. The maximum atomic E-state index is 12.4. The minimum absolute atomic E-state index is 0.133. The van der Waals surface area contributed by atoms with Crippen molar-refractivity contribution in [3.8, 4) is 0 Å². The van der Waals surface area contributed by atoms with E-state index in [1.807, 2.05) is 37.3 Å². The van der Waals surface area contributed by atoms with Gasteiger partial charge in [0.25, 0.3) is 0 Å². The van der Waals surface area contributed by atoms with Gasteiger partial charge in [0.05, 0.1) is 11.6 Å².